The molecule has 0 heterocycles. The molecule has 0 radical (unpaired) electrons. The number of rotatable bonds is 4. The van der Waals surface area contributed by atoms with Gasteiger partial charge in [-0.25, -0.2) is 0 Å². The van der Waals surface area contributed by atoms with Gasteiger partial charge in [0.25, 0.3) is 5.91 Å². The maximum Gasteiger partial charge on any atom is 0.251 e. The Morgan fingerprint density at radius 1 is 1.35 bits per heavy atom. The topological polar surface area (TPSA) is 29.1 Å². The number of amides is 1. The average Bonchev–Trinajstić information content (AvgIpc) is 2.29. The van der Waals surface area contributed by atoms with Crippen LogP contribution in [0, 0.1) is 5.41 Å². The van der Waals surface area contributed by atoms with Gasteiger partial charge >= 0.3 is 0 Å². The fraction of sp³-hybridized carbons (Fsp3) is 0.500. The lowest BCUT2D eigenvalue weighted by molar-refractivity contribution is 0.0850. The number of benzene rings is 1. The molecular formula is C14H18BrNO. The fourth-order valence-corrected chi connectivity index (χ4v) is 2.57. The predicted octanol–water partition coefficient (Wildman–Crippen LogP) is 3.76. The first-order chi connectivity index (χ1) is 8.15. The third kappa shape index (κ3) is 2.89. The van der Waals surface area contributed by atoms with Crippen LogP contribution in [0.25, 0.3) is 0 Å². The summed E-state index contributed by atoms with van der Waals surface area (Å²) in [6, 6.07) is 7.49. The van der Waals surface area contributed by atoms with E-state index in [2.05, 4.69) is 28.2 Å². The van der Waals surface area contributed by atoms with E-state index in [0.717, 1.165) is 23.0 Å². The smallest absolute Gasteiger partial charge is 0.251 e. The first kappa shape index (κ1) is 12.6. The van der Waals surface area contributed by atoms with Crippen LogP contribution in [0.1, 0.15) is 43.0 Å². The van der Waals surface area contributed by atoms with Crippen LogP contribution < -0.4 is 5.32 Å². The van der Waals surface area contributed by atoms with Crippen LogP contribution in [0.15, 0.2) is 28.7 Å². The summed E-state index contributed by atoms with van der Waals surface area (Å²) in [5, 5.41) is 3.06. The zero-order chi connectivity index (χ0) is 12.3. The lowest BCUT2D eigenvalue weighted by Gasteiger charge is -2.41. The van der Waals surface area contributed by atoms with E-state index in [0.29, 0.717) is 5.41 Å². The molecule has 0 saturated heterocycles. The van der Waals surface area contributed by atoms with Crippen LogP contribution in [0.5, 0.6) is 0 Å². The van der Waals surface area contributed by atoms with Gasteiger partial charge in [-0.2, -0.15) is 0 Å². The van der Waals surface area contributed by atoms with Crippen LogP contribution >= 0.6 is 15.9 Å². The van der Waals surface area contributed by atoms with E-state index in [4.69, 9.17) is 0 Å². The molecule has 1 N–H and O–H groups in total. The van der Waals surface area contributed by atoms with Gasteiger partial charge in [0.2, 0.25) is 0 Å². The molecule has 0 aliphatic heterocycles. The predicted molar refractivity (Wildman–Crippen MR) is 73.1 cm³/mol. The third-order valence-corrected chi connectivity index (χ3v) is 4.42. The van der Waals surface area contributed by atoms with Crippen molar-refractivity contribution in [3.63, 3.8) is 0 Å². The van der Waals surface area contributed by atoms with Gasteiger partial charge in [0.1, 0.15) is 0 Å². The lowest BCUT2D eigenvalue weighted by atomic mass is 9.67. The molecular weight excluding hydrogens is 278 g/mol. The largest absolute Gasteiger partial charge is 0.351 e. The molecule has 92 valence electrons. The summed E-state index contributed by atoms with van der Waals surface area (Å²) in [5.41, 5.74) is 1.11. The van der Waals surface area contributed by atoms with E-state index in [-0.39, 0.29) is 5.91 Å². The van der Waals surface area contributed by atoms with Crippen molar-refractivity contribution in [2.75, 3.05) is 6.54 Å². The lowest BCUT2D eigenvalue weighted by Crippen LogP contribution is -2.41. The summed E-state index contributed by atoms with van der Waals surface area (Å²) in [6.07, 6.45) is 4.98. The Kier molecular flexibility index (Phi) is 3.87. The molecule has 0 atom stereocenters. The van der Waals surface area contributed by atoms with E-state index in [1.165, 1.54) is 19.3 Å². The third-order valence-electron chi connectivity index (χ3n) is 3.89. The van der Waals surface area contributed by atoms with Gasteiger partial charge in [-0.15, -0.1) is 0 Å². The van der Waals surface area contributed by atoms with Gasteiger partial charge in [-0.05, 0) is 48.9 Å². The second-order valence-electron chi connectivity index (χ2n) is 4.90. The Balaban J connectivity index is 1.91. The maximum absolute atomic E-state index is 11.9. The van der Waals surface area contributed by atoms with Gasteiger partial charge in [0.15, 0.2) is 0 Å². The number of nitrogens with one attached hydrogen (secondary N) is 1. The van der Waals surface area contributed by atoms with Gasteiger partial charge < -0.3 is 5.32 Å². The number of halogens is 1. The van der Waals surface area contributed by atoms with Crippen molar-refractivity contribution in [3.05, 3.63) is 34.3 Å². The molecule has 0 bridgehead atoms. The quantitative estimate of drug-likeness (QED) is 0.900. The van der Waals surface area contributed by atoms with Crippen LogP contribution in [-0.4, -0.2) is 12.5 Å². The maximum atomic E-state index is 11.9. The first-order valence-corrected chi connectivity index (χ1v) is 6.98. The van der Waals surface area contributed by atoms with Crippen LogP contribution in [0.4, 0.5) is 0 Å². The summed E-state index contributed by atoms with van der Waals surface area (Å²) in [4.78, 5) is 11.9. The summed E-state index contributed by atoms with van der Waals surface area (Å²) in [7, 11) is 0. The second kappa shape index (κ2) is 5.21. The van der Waals surface area contributed by atoms with Crippen LogP contribution in [0.2, 0.25) is 0 Å². The average molecular weight is 296 g/mol. The highest BCUT2D eigenvalue weighted by Crippen LogP contribution is 2.43. The molecule has 1 aromatic rings. The molecule has 1 fully saturated rings. The molecule has 0 spiro atoms. The SMILES string of the molecule is CCC1(CNC(=O)c2ccc(Br)cc2)CCC1. The summed E-state index contributed by atoms with van der Waals surface area (Å²) < 4.78 is 0.998. The van der Waals surface area contributed by atoms with Gasteiger partial charge in [-0.1, -0.05) is 29.3 Å². The molecule has 2 nitrogen and oxygen atoms in total. The fourth-order valence-electron chi connectivity index (χ4n) is 2.30. The standard InChI is InChI=1S/C14H18BrNO/c1-2-14(8-3-9-14)10-16-13(17)11-4-6-12(15)7-5-11/h4-7H,2-3,8-10H2,1H3,(H,16,17). The zero-order valence-corrected chi connectivity index (χ0v) is 11.7. The molecule has 1 aromatic carbocycles. The molecule has 2 rings (SSSR count). The Morgan fingerprint density at radius 3 is 2.47 bits per heavy atom. The normalized spacial score (nSPS) is 17.3. The summed E-state index contributed by atoms with van der Waals surface area (Å²) in [5.74, 6) is 0.0391. The molecule has 3 heteroatoms. The van der Waals surface area contributed by atoms with Gasteiger partial charge in [-0.3, -0.25) is 4.79 Å². The highest BCUT2D eigenvalue weighted by atomic mass is 79.9. The number of carbonyl (C=O) groups is 1. The molecule has 17 heavy (non-hydrogen) atoms. The van der Waals surface area contributed by atoms with Crippen molar-refractivity contribution in [1.29, 1.82) is 0 Å². The van der Waals surface area contributed by atoms with Crippen molar-refractivity contribution >= 4 is 21.8 Å². The highest BCUT2D eigenvalue weighted by molar-refractivity contribution is 9.10. The molecule has 0 aromatic heterocycles. The minimum Gasteiger partial charge on any atom is -0.351 e. The molecule has 1 amide bonds. The monoisotopic (exact) mass is 295 g/mol. The second-order valence-corrected chi connectivity index (χ2v) is 5.81. The van der Waals surface area contributed by atoms with E-state index in [1.807, 2.05) is 24.3 Å². The van der Waals surface area contributed by atoms with Gasteiger partial charge in [0.05, 0.1) is 0 Å². The summed E-state index contributed by atoms with van der Waals surface area (Å²) in [6.45, 7) is 3.03. The van der Waals surface area contributed by atoms with Crippen molar-refractivity contribution in [2.24, 2.45) is 5.41 Å². The number of carbonyl (C=O) groups excluding carboxylic acids is 1. The van der Waals surface area contributed by atoms with Crippen LogP contribution in [-0.2, 0) is 0 Å². The molecule has 0 unspecified atom stereocenters. The van der Waals surface area contributed by atoms with E-state index < -0.39 is 0 Å². The van der Waals surface area contributed by atoms with Crippen molar-refractivity contribution in [2.45, 2.75) is 32.6 Å². The molecule has 1 aliphatic carbocycles. The minimum atomic E-state index is 0.0391. The van der Waals surface area contributed by atoms with E-state index in [9.17, 15) is 4.79 Å². The Morgan fingerprint density at radius 2 is 2.00 bits per heavy atom. The Bertz CT molecular complexity index is 390. The number of hydrogen-bond donors (Lipinski definition) is 1. The van der Waals surface area contributed by atoms with Gasteiger partial charge in [0, 0.05) is 16.6 Å². The van der Waals surface area contributed by atoms with E-state index in [1.54, 1.807) is 0 Å². The number of hydrogen-bond acceptors (Lipinski definition) is 1. The van der Waals surface area contributed by atoms with Crippen molar-refractivity contribution < 1.29 is 4.79 Å². The van der Waals surface area contributed by atoms with Crippen molar-refractivity contribution in [1.82, 2.24) is 5.32 Å². The van der Waals surface area contributed by atoms with Crippen molar-refractivity contribution in [3.8, 4) is 0 Å². The Labute approximate surface area is 111 Å². The highest BCUT2D eigenvalue weighted by Gasteiger charge is 2.35. The minimum absolute atomic E-state index is 0.0391. The molecule has 1 aliphatic rings. The molecule has 1 saturated carbocycles. The summed E-state index contributed by atoms with van der Waals surface area (Å²) >= 11 is 3.37. The first-order valence-electron chi connectivity index (χ1n) is 6.19. The van der Waals surface area contributed by atoms with Crippen LogP contribution in [0.3, 0.4) is 0 Å². The van der Waals surface area contributed by atoms with E-state index >= 15 is 0 Å². The zero-order valence-electron chi connectivity index (χ0n) is 10.1. The Hall–Kier alpha value is -0.830.